The molecule has 5 heteroatoms. The van der Waals surface area contributed by atoms with Crippen LogP contribution in [0.5, 0.6) is 0 Å². The van der Waals surface area contributed by atoms with E-state index in [1.165, 1.54) is 7.11 Å². The van der Waals surface area contributed by atoms with Crippen molar-refractivity contribution in [1.82, 2.24) is 9.97 Å². The van der Waals surface area contributed by atoms with Crippen LogP contribution in [0.3, 0.4) is 0 Å². The lowest BCUT2D eigenvalue weighted by Gasteiger charge is -2.00. The topological polar surface area (TPSA) is 75.0 Å². The minimum Gasteiger partial charge on any atom is -0.465 e. The van der Waals surface area contributed by atoms with Gasteiger partial charge in [-0.1, -0.05) is 24.3 Å². The number of carbonyl (C=O) groups excluding carboxylic acids is 1. The number of ether oxygens (including phenoxy) is 1. The van der Waals surface area contributed by atoms with E-state index in [1.54, 1.807) is 18.2 Å². The molecule has 2 heterocycles. The van der Waals surface area contributed by atoms with Gasteiger partial charge in [0.25, 0.3) is 0 Å². The van der Waals surface area contributed by atoms with Gasteiger partial charge in [0.05, 0.1) is 23.7 Å². The molecule has 2 N–H and O–H groups in total. The fourth-order valence-corrected chi connectivity index (χ4v) is 2.86. The second kappa shape index (κ2) is 4.46. The van der Waals surface area contributed by atoms with Gasteiger partial charge in [0.2, 0.25) is 5.43 Å². The molecule has 22 heavy (non-hydrogen) atoms. The summed E-state index contributed by atoms with van der Waals surface area (Å²) < 4.78 is 4.80. The average Bonchev–Trinajstić information content (AvgIpc) is 2.93. The first-order chi connectivity index (χ1) is 10.7. The predicted octanol–water partition coefficient (Wildman–Crippen LogP) is 2.95. The van der Waals surface area contributed by atoms with Gasteiger partial charge in [-0.15, -0.1) is 0 Å². The van der Waals surface area contributed by atoms with Crippen LogP contribution in [0.1, 0.15) is 10.4 Å². The lowest BCUT2D eigenvalue weighted by atomic mass is 10.1. The molecule has 2 aromatic carbocycles. The van der Waals surface area contributed by atoms with Crippen LogP contribution in [0.4, 0.5) is 0 Å². The van der Waals surface area contributed by atoms with Crippen molar-refractivity contribution in [1.29, 1.82) is 0 Å². The molecule has 0 saturated carbocycles. The van der Waals surface area contributed by atoms with E-state index < -0.39 is 5.97 Å². The van der Waals surface area contributed by atoms with E-state index in [0.717, 1.165) is 10.9 Å². The number of hydrogen-bond acceptors (Lipinski definition) is 3. The molecule has 4 rings (SSSR count). The Hall–Kier alpha value is -3.08. The van der Waals surface area contributed by atoms with Crippen LogP contribution in [0.25, 0.3) is 32.8 Å². The molecule has 5 nitrogen and oxygen atoms in total. The molecule has 0 atom stereocenters. The first kappa shape index (κ1) is 12.6. The van der Waals surface area contributed by atoms with Gasteiger partial charge in [-0.3, -0.25) is 4.79 Å². The third kappa shape index (κ3) is 1.59. The molecule has 0 spiro atoms. The number of nitrogens with one attached hydrogen (secondary N) is 2. The van der Waals surface area contributed by atoms with Gasteiger partial charge in [0.15, 0.2) is 0 Å². The van der Waals surface area contributed by atoms with E-state index in [2.05, 4.69) is 9.97 Å². The fourth-order valence-electron chi connectivity index (χ4n) is 2.86. The number of aromatic nitrogens is 2. The molecule has 0 unspecified atom stereocenters. The molecule has 4 aromatic rings. The Labute approximate surface area is 124 Å². The van der Waals surface area contributed by atoms with Crippen molar-refractivity contribution in [2.45, 2.75) is 0 Å². The lowest BCUT2D eigenvalue weighted by molar-refractivity contribution is 0.0603. The number of pyridine rings is 1. The number of benzene rings is 2. The highest BCUT2D eigenvalue weighted by Gasteiger charge is 2.16. The Kier molecular flexibility index (Phi) is 2.56. The summed E-state index contributed by atoms with van der Waals surface area (Å²) in [5.41, 5.74) is 2.86. The number of para-hydroxylation sites is 2. The number of hydrogen-bond donors (Lipinski definition) is 2. The van der Waals surface area contributed by atoms with E-state index in [0.29, 0.717) is 27.5 Å². The van der Waals surface area contributed by atoms with Crippen molar-refractivity contribution < 1.29 is 9.53 Å². The number of aromatic amines is 2. The molecule has 108 valence electrons. The van der Waals surface area contributed by atoms with E-state index >= 15 is 0 Å². The van der Waals surface area contributed by atoms with Crippen LogP contribution in [-0.2, 0) is 4.74 Å². The molecule has 0 radical (unpaired) electrons. The Morgan fingerprint density at radius 1 is 0.909 bits per heavy atom. The van der Waals surface area contributed by atoms with Crippen LogP contribution in [0.2, 0.25) is 0 Å². The summed E-state index contributed by atoms with van der Waals surface area (Å²) in [7, 11) is 1.34. The number of methoxy groups -OCH3 is 1. The molecule has 0 aliphatic heterocycles. The van der Waals surface area contributed by atoms with E-state index in [1.807, 2.05) is 24.3 Å². The quantitative estimate of drug-likeness (QED) is 0.530. The SMILES string of the molecule is COC(=O)c1cccc2c1[nH]c1c(=O)c3ccccc3[nH]c12. The zero-order valence-electron chi connectivity index (χ0n) is 11.8. The summed E-state index contributed by atoms with van der Waals surface area (Å²) in [6.45, 7) is 0. The fraction of sp³-hybridized carbons (Fsp3) is 0.0588. The van der Waals surface area contributed by atoms with Crippen molar-refractivity contribution in [2.24, 2.45) is 0 Å². The van der Waals surface area contributed by atoms with Crippen molar-refractivity contribution in [3.05, 3.63) is 58.3 Å². The van der Waals surface area contributed by atoms with Crippen LogP contribution >= 0.6 is 0 Å². The summed E-state index contributed by atoms with van der Waals surface area (Å²) in [5.74, 6) is -0.436. The van der Waals surface area contributed by atoms with E-state index in [4.69, 9.17) is 4.74 Å². The van der Waals surface area contributed by atoms with Gasteiger partial charge in [-0.05, 0) is 18.2 Å². The van der Waals surface area contributed by atoms with Crippen molar-refractivity contribution >= 4 is 38.8 Å². The lowest BCUT2D eigenvalue weighted by Crippen LogP contribution is -2.03. The Bertz CT molecular complexity index is 1110. The van der Waals surface area contributed by atoms with Crippen molar-refractivity contribution in [2.75, 3.05) is 7.11 Å². The number of fused-ring (bicyclic) bond motifs is 4. The average molecular weight is 292 g/mol. The van der Waals surface area contributed by atoms with Crippen molar-refractivity contribution in [3.8, 4) is 0 Å². The minimum absolute atomic E-state index is 0.0867. The van der Waals surface area contributed by atoms with Gasteiger partial charge in [0.1, 0.15) is 5.52 Å². The highest BCUT2D eigenvalue weighted by molar-refractivity contribution is 6.14. The van der Waals surface area contributed by atoms with Crippen LogP contribution in [0.15, 0.2) is 47.3 Å². The maximum Gasteiger partial charge on any atom is 0.339 e. The second-order valence-electron chi connectivity index (χ2n) is 5.09. The Morgan fingerprint density at radius 3 is 2.50 bits per heavy atom. The van der Waals surface area contributed by atoms with Gasteiger partial charge >= 0.3 is 5.97 Å². The number of rotatable bonds is 1. The zero-order valence-corrected chi connectivity index (χ0v) is 11.8. The van der Waals surface area contributed by atoms with Crippen LogP contribution in [-0.4, -0.2) is 23.0 Å². The second-order valence-corrected chi connectivity index (χ2v) is 5.09. The number of H-pyrrole nitrogens is 2. The maximum atomic E-state index is 12.6. The highest BCUT2D eigenvalue weighted by atomic mass is 16.5. The third-order valence-corrected chi connectivity index (χ3v) is 3.90. The van der Waals surface area contributed by atoms with Crippen LogP contribution in [0, 0.1) is 0 Å². The predicted molar refractivity (Wildman–Crippen MR) is 85.3 cm³/mol. The monoisotopic (exact) mass is 292 g/mol. The van der Waals surface area contributed by atoms with Crippen LogP contribution < -0.4 is 5.43 Å². The summed E-state index contributed by atoms with van der Waals surface area (Å²) in [4.78, 5) is 30.9. The summed E-state index contributed by atoms with van der Waals surface area (Å²) in [6.07, 6.45) is 0. The largest absolute Gasteiger partial charge is 0.465 e. The highest BCUT2D eigenvalue weighted by Crippen LogP contribution is 2.26. The zero-order chi connectivity index (χ0) is 15.3. The number of esters is 1. The summed E-state index contributed by atoms with van der Waals surface area (Å²) in [6, 6.07) is 12.7. The first-order valence-electron chi connectivity index (χ1n) is 6.84. The standard InChI is InChI=1S/C17H12N2O3/c1-22-17(21)11-7-4-6-10-13(11)19-15-14(10)18-12-8-3-2-5-9(12)16(15)20/h2-8,19H,1H3,(H,18,20). The molecule has 2 aromatic heterocycles. The van der Waals surface area contributed by atoms with E-state index in [9.17, 15) is 9.59 Å². The first-order valence-corrected chi connectivity index (χ1v) is 6.84. The molecule has 0 amide bonds. The molecule has 0 saturated heterocycles. The Balaban J connectivity index is 2.23. The van der Waals surface area contributed by atoms with E-state index in [-0.39, 0.29) is 5.43 Å². The molecular formula is C17H12N2O3. The smallest absolute Gasteiger partial charge is 0.339 e. The van der Waals surface area contributed by atoms with Gasteiger partial charge in [0, 0.05) is 16.3 Å². The summed E-state index contributed by atoms with van der Waals surface area (Å²) in [5, 5.41) is 1.40. The number of carbonyl (C=O) groups is 1. The molecular weight excluding hydrogens is 280 g/mol. The summed E-state index contributed by atoms with van der Waals surface area (Å²) >= 11 is 0. The normalized spacial score (nSPS) is 11.3. The Morgan fingerprint density at radius 2 is 1.68 bits per heavy atom. The molecule has 0 aliphatic carbocycles. The molecule has 0 aliphatic rings. The maximum absolute atomic E-state index is 12.6. The molecule has 0 bridgehead atoms. The third-order valence-electron chi connectivity index (χ3n) is 3.90. The van der Waals surface area contributed by atoms with Gasteiger partial charge < -0.3 is 14.7 Å². The van der Waals surface area contributed by atoms with Gasteiger partial charge in [-0.2, -0.15) is 0 Å². The van der Waals surface area contributed by atoms with Gasteiger partial charge in [-0.25, -0.2) is 4.79 Å². The minimum atomic E-state index is -0.436. The van der Waals surface area contributed by atoms with Crippen molar-refractivity contribution in [3.63, 3.8) is 0 Å². The molecule has 0 fully saturated rings.